The van der Waals surface area contributed by atoms with Crippen LogP contribution in [0.25, 0.3) is 0 Å². The lowest BCUT2D eigenvalue weighted by Gasteiger charge is -2.26. The molecule has 35 heavy (non-hydrogen) atoms. The highest BCUT2D eigenvalue weighted by molar-refractivity contribution is 7.92. The lowest BCUT2D eigenvalue weighted by atomic mass is 10.1. The van der Waals surface area contributed by atoms with Crippen LogP contribution in [0.4, 0.5) is 11.4 Å². The number of likely N-dealkylation sites (tertiary alicyclic amines) is 1. The Balaban J connectivity index is 1.41. The number of piperidine rings is 1. The monoisotopic (exact) mass is 491 g/mol. The number of rotatable bonds is 7. The molecule has 1 heterocycles. The van der Waals surface area contributed by atoms with E-state index in [9.17, 15) is 18.0 Å². The Morgan fingerprint density at radius 3 is 2.46 bits per heavy atom. The average Bonchev–Trinajstić information content (AvgIpc) is 2.82. The van der Waals surface area contributed by atoms with Crippen LogP contribution in [-0.4, -0.2) is 31.7 Å². The molecule has 1 saturated heterocycles. The van der Waals surface area contributed by atoms with Crippen molar-refractivity contribution in [2.45, 2.75) is 44.6 Å². The fraction of sp³-hybridized carbons (Fsp3) is 0.259. The first-order valence-electron chi connectivity index (χ1n) is 11.6. The normalized spacial score (nSPS) is 14.0. The number of amides is 2. The molecule has 0 spiro atoms. The summed E-state index contributed by atoms with van der Waals surface area (Å²) < 4.78 is 28.2. The van der Waals surface area contributed by atoms with E-state index in [2.05, 4.69) is 10.0 Å². The zero-order valence-electron chi connectivity index (χ0n) is 19.9. The van der Waals surface area contributed by atoms with Gasteiger partial charge in [-0.15, -0.1) is 0 Å². The van der Waals surface area contributed by atoms with Gasteiger partial charge in [-0.05, 0) is 85.8 Å². The van der Waals surface area contributed by atoms with E-state index in [-0.39, 0.29) is 16.7 Å². The highest BCUT2D eigenvalue weighted by Gasteiger charge is 2.19. The number of benzene rings is 3. The lowest BCUT2D eigenvalue weighted by molar-refractivity contribution is -0.133. The van der Waals surface area contributed by atoms with E-state index >= 15 is 0 Å². The molecule has 0 unspecified atom stereocenters. The highest BCUT2D eigenvalue weighted by atomic mass is 32.2. The molecule has 3 aromatic rings. The van der Waals surface area contributed by atoms with Crippen LogP contribution < -0.4 is 10.0 Å². The Morgan fingerprint density at radius 1 is 0.943 bits per heavy atom. The highest BCUT2D eigenvalue weighted by Crippen LogP contribution is 2.22. The van der Waals surface area contributed by atoms with Crippen LogP contribution in [0.5, 0.6) is 0 Å². The molecule has 4 rings (SSSR count). The number of anilines is 2. The average molecular weight is 492 g/mol. The van der Waals surface area contributed by atoms with E-state index in [1.54, 1.807) is 49.4 Å². The molecule has 0 bridgehead atoms. The summed E-state index contributed by atoms with van der Waals surface area (Å²) in [5.74, 6) is -0.140. The SMILES string of the molecule is Cc1ccc(C)c(S(=O)(=O)Nc2ccc(C(=O)Nc3cccc(CN4CCCCC4=O)c3)cc2)c1. The van der Waals surface area contributed by atoms with Crippen molar-refractivity contribution in [1.82, 2.24) is 4.90 Å². The van der Waals surface area contributed by atoms with E-state index in [0.29, 0.717) is 35.5 Å². The van der Waals surface area contributed by atoms with Gasteiger partial charge in [-0.3, -0.25) is 14.3 Å². The van der Waals surface area contributed by atoms with Gasteiger partial charge in [-0.25, -0.2) is 8.42 Å². The summed E-state index contributed by atoms with van der Waals surface area (Å²) in [4.78, 5) is 26.9. The third kappa shape index (κ3) is 6.08. The van der Waals surface area contributed by atoms with Crippen molar-refractivity contribution in [3.63, 3.8) is 0 Å². The molecule has 0 aromatic heterocycles. The third-order valence-corrected chi connectivity index (χ3v) is 7.54. The van der Waals surface area contributed by atoms with Crippen LogP contribution in [0.15, 0.2) is 71.6 Å². The van der Waals surface area contributed by atoms with Crippen LogP contribution in [-0.2, 0) is 21.4 Å². The molecule has 182 valence electrons. The minimum atomic E-state index is -3.75. The topological polar surface area (TPSA) is 95.6 Å². The molecule has 1 fully saturated rings. The first-order chi connectivity index (χ1) is 16.7. The number of nitrogens with zero attached hydrogens (tertiary/aromatic N) is 1. The first kappa shape index (κ1) is 24.5. The summed E-state index contributed by atoms with van der Waals surface area (Å²) in [6.07, 6.45) is 2.54. The van der Waals surface area contributed by atoms with E-state index in [0.717, 1.165) is 30.5 Å². The molecule has 1 aliphatic rings. The van der Waals surface area contributed by atoms with Gasteiger partial charge in [0.05, 0.1) is 4.90 Å². The Morgan fingerprint density at radius 2 is 1.71 bits per heavy atom. The molecule has 0 atom stereocenters. The van der Waals surface area contributed by atoms with Crippen molar-refractivity contribution < 1.29 is 18.0 Å². The summed E-state index contributed by atoms with van der Waals surface area (Å²) in [7, 11) is -3.75. The fourth-order valence-corrected chi connectivity index (χ4v) is 5.49. The van der Waals surface area contributed by atoms with Crippen molar-refractivity contribution in [1.29, 1.82) is 0 Å². The standard InChI is InChI=1S/C27H29N3O4S/c1-19-9-10-20(2)25(16-19)35(33,34)29-23-13-11-22(12-14-23)27(32)28-24-7-5-6-21(17-24)18-30-15-4-3-8-26(30)31/h5-7,9-14,16-17,29H,3-4,8,15,18H2,1-2H3,(H,28,32). The molecule has 2 N–H and O–H groups in total. The summed E-state index contributed by atoms with van der Waals surface area (Å²) in [5, 5.41) is 2.87. The van der Waals surface area contributed by atoms with Crippen molar-refractivity contribution in [3.8, 4) is 0 Å². The molecule has 1 aliphatic heterocycles. The van der Waals surface area contributed by atoms with E-state index in [1.807, 2.05) is 36.1 Å². The van der Waals surface area contributed by atoms with Gasteiger partial charge in [0.1, 0.15) is 0 Å². The van der Waals surface area contributed by atoms with Gasteiger partial charge < -0.3 is 10.2 Å². The summed E-state index contributed by atoms with van der Waals surface area (Å²) in [6, 6.07) is 19.0. The Bertz CT molecular complexity index is 1350. The van der Waals surface area contributed by atoms with Crippen molar-refractivity contribution in [2.24, 2.45) is 0 Å². The predicted molar refractivity (Wildman–Crippen MR) is 137 cm³/mol. The van der Waals surface area contributed by atoms with E-state index in [1.165, 1.54) is 0 Å². The molecular weight excluding hydrogens is 462 g/mol. The Labute approximate surface area is 206 Å². The quantitative estimate of drug-likeness (QED) is 0.493. The summed E-state index contributed by atoms with van der Waals surface area (Å²) in [6.45, 7) is 4.88. The predicted octanol–water partition coefficient (Wildman–Crippen LogP) is 4.87. The molecule has 0 aliphatic carbocycles. The van der Waals surface area contributed by atoms with Gasteiger partial charge in [-0.2, -0.15) is 0 Å². The number of hydrogen-bond donors (Lipinski definition) is 2. The maximum atomic E-state index is 12.8. The van der Waals surface area contributed by atoms with Crippen LogP contribution in [0.1, 0.15) is 46.3 Å². The lowest BCUT2D eigenvalue weighted by Crippen LogP contribution is -2.34. The van der Waals surface area contributed by atoms with Gasteiger partial charge in [0.15, 0.2) is 0 Å². The third-order valence-electron chi connectivity index (χ3n) is 6.01. The largest absolute Gasteiger partial charge is 0.338 e. The van der Waals surface area contributed by atoms with E-state index < -0.39 is 10.0 Å². The van der Waals surface area contributed by atoms with Crippen LogP contribution in [0, 0.1) is 13.8 Å². The van der Waals surface area contributed by atoms with Gasteiger partial charge in [0.25, 0.3) is 15.9 Å². The van der Waals surface area contributed by atoms with E-state index in [4.69, 9.17) is 0 Å². The number of sulfonamides is 1. The Kier molecular flexibility index (Phi) is 7.21. The molecule has 3 aromatic carbocycles. The molecule has 8 heteroatoms. The molecule has 0 radical (unpaired) electrons. The molecule has 7 nitrogen and oxygen atoms in total. The summed E-state index contributed by atoms with van der Waals surface area (Å²) >= 11 is 0. The number of carbonyl (C=O) groups excluding carboxylic acids is 2. The van der Waals surface area contributed by atoms with Gasteiger partial charge in [-0.1, -0.05) is 24.3 Å². The van der Waals surface area contributed by atoms with Crippen LogP contribution >= 0.6 is 0 Å². The minimum absolute atomic E-state index is 0.166. The van der Waals surface area contributed by atoms with Crippen LogP contribution in [0.2, 0.25) is 0 Å². The number of carbonyl (C=O) groups is 2. The second kappa shape index (κ2) is 10.3. The van der Waals surface area contributed by atoms with Crippen molar-refractivity contribution in [3.05, 3.63) is 89.0 Å². The smallest absolute Gasteiger partial charge is 0.262 e. The maximum absolute atomic E-state index is 12.8. The van der Waals surface area contributed by atoms with Gasteiger partial charge in [0.2, 0.25) is 5.91 Å². The molecular formula is C27H29N3O4S. The zero-order chi connectivity index (χ0) is 25.0. The number of aryl methyl sites for hydroxylation is 2. The van der Waals surface area contributed by atoms with Gasteiger partial charge >= 0.3 is 0 Å². The van der Waals surface area contributed by atoms with Crippen LogP contribution in [0.3, 0.4) is 0 Å². The number of hydrogen-bond acceptors (Lipinski definition) is 4. The molecule has 0 saturated carbocycles. The second-order valence-electron chi connectivity index (χ2n) is 8.88. The second-order valence-corrected chi connectivity index (χ2v) is 10.5. The van der Waals surface area contributed by atoms with Gasteiger partial charge in [0, 0.05) is 36.4 Å². The maximum Gasteiger partial charge on any atom is 0.262 e. The number of nitrogens with one attached hydrogen (secondary N) is 2. The summed E-state index contributed by atoms with van der Waals surface area (Å²) in [5.41, 5.74) is 3.87. The molecule has 2 amide bonds. The Hall–Kier alpha value is -3.65. The fourth-order valence-electron chi connectivity index (χ4n) is 4.10. The first-order valence-corrected chi connectivity index (χ1v) is 13.1. The van der Waals surface area contributed by atoms with Crippen molar-refractivity contribution in [2.75, 3.05) is 16.6 Å². The van der Waals surface area contributed by atoms with Crippen molar-refractivity contribution >= 4 is 33.2 Å². The minimum Gasteiger partial charge on any atom is -0.338 e. The zero-order valence-corrected chi connectivity index (χ0v) is 20.7.